The van der Waals surface area contributed by atoms with E-state index in [9.17, 15) is 19.2 Å². The fourth-order valence-electron chi connectivity index (χ4n) is 2.63. The highest BCUT2D eigenvalue weighted by Crippen LogP contribution is 2.32. The number of carbonyl (C=O) groups is 4. The lowest BCUT2D eigenvalue weighted by atomic mass is 9.99. The molecule has 8 nitrogen and oxygen atoms in total. The Bertz CT molecular complexity index is 781. The van der Waals surface area contributed by atoms with Crippen LogP contribution in [0.1, 0.15) is 62.4 Å². The fraction of sp³-hybridized carbons (Fsp3) is 0.500. The predicted molar refractivity (Wildman–Crippen MR) is 102 cm³/mol. The van der Waals surface area contributed by atoms with Crippen molar-refractivity contribution in [2.24, 2.45) is 0 Å². The van der Waals surface area contributed by atoms with Crippen LogP contribution in [-0.2, 0) is 19.1 Å². The molecule has 2 amide bonds. The third-order valence-electron chi connectivity index (χ3n) is 4.08. The zero-order valence-electron chi connectivity index (χ0n) is 16.6. The van der Waals surface area contributed by atoms with Crippen LogP contribution in [-0.4, -0.2) is 42.5 Å². The number of hydrogen-bond acceptors (Lipinski definition) is 6. The second-order valence-electron chi connectivity index (χ2n) is 7.63. The molecule has 152 valence electrons. The van der Waals surface area contributed by atoms with Gasteiger partial charge >= 0.3 is 12.1 Å². The number of hydrogen-bond donors (Lipinski definition) is 2. The first kappa shape index (κ1) is 21.4. The number of benzene rings is 1. The van der Waals surface area contributed by atoms with Gasteiger partial charge in [-0.25, -0.2) is 4.79 Å². The molecule has 0 radical (unpaired) electrons. The van der Waals surface area contributed by atoms with Crippen molar-refractivity contribution in [3.05, 3.63) is 29.3 Å². The Kier molecular flexibility index (Phi) is 6.77. The maximum atomic E-state index is 12.2. The van der Waals surface area contributed by atoms with Crippen molar-refractivity contribution in [3.63, 3.8) is 0 Å². The number of ether oxygens (including phenoxy) is 2. The maximum absolute atomic E-state index is 12.2. The monoisotopic (exact) mass is 390 g/mol. The molecule has 2 N–H and O–H groups in total. The Morgan fingerprint density at radius 3 is 2.61 bits per heavy atom. The van der Waals surface area contributed by atoms with Crippen molar-refractivity contribution in [3.8, 4) is 0 Å². The Labute approximate surface area is 164 Å². The molecule has 1 heterocycles. The minimum absolute atomic E-state index is 0.0721. The molecular weight excluding hydrogens is 364 g/mol. The highest BCUT2D eigenvalue weighted by Gasteiger charge is 2.27. The van der Waals surface area contributed by atoms with Crippen LogP contribution in [0, 0.1) is 0 Å². The van der Waals surface area contributed by atoms with Crippen LogP contribution >= 0.6 is 0 Å². The summed E-state index contributed by atoms with van der Waals surface area (Å²) in [6.45, 7) is 6.94. The first-order chi connectivity index (χ1) is 13.1. The quantitative estimate of drug-likeness (QED) is 0.421. The van der Waals surface area contributed by atoms with Crippen LogP contribution in [0.3, 0.4) is 0 Å². The molecule has 1 aromatic carbocycles. The van der Waals surface area contributed by atoms with Crippen molar-refractivity contribution >= 4 is 29.4 Å². The minimum Gasteiger partial charge on any atom is -0.457 e. The van der Waals surface area contributed by atoms with Gasteiger partial charge in [-0.1, -0.05) is 0 Å². The number of Topliss-reactive ketones (excluding diaryl/α,β-unsaturated/α-hetero) is 1. The third-order valence-corrected chi connectivity index (χ3v) is 4.08. The molecule has 0 spiro atoms. The number of fused-ring (bicyclic) bond motifs is 1. The molecule has 1 aromatic rings. The molecule has 1 aliphatic heterocycles. The SMILES string of the molecule is C[C@@H]1C(=O)Nc2ccc(C(=O)COC(=O)CCCNC(=O)OC(C)(C)C)cc21. The lowest BCUT2D eigenvalue weighted by Crippen LogP contribution is -2.33. The Morgan fingerprint density at radius 1 is 1.21 bits per heavy atom. The zero-order chi connectivity index (χ0) is 20.9. The molecule has 2 rings (SSSR count). The van der Waals surface area contributed by atoms with Crippen molar-refractivity contribution in [1.82, 2.24) is 5.32 Å². The Morgan fingerprint density at radius 2 is 1.93 bits per heavy atom. The van der Waals surface area contributed by atoms with Gasteiger partial charge in [0.15, 0.2) is 12.4 Å². The first-order valence-electron chi connectivity index (χ1n) is 9.17. The van der Waals surface area contributed by atoms with Gasteiger partial charge in [-0.2, -0.15) is 0 Å². The molecular formula is C20H26N2O6. The van der Waals surface area contributed by atoms with Crippen LogP contribution in [0.2, 0.25) is 0 Å². The Balaban J connectivity index is 1.71. The number of nitrogens with one attached hydrogen (secondary N) is 2. The summed E-state index contributed by atoms with van der Waals surface area (Å²) in [4.78, 5) is 47.1. The highest BCUT2D eigenvalue weighted by molar-refractivity contribution is 6.05. The first-order valence-corrected chi connectivity index (χ1v) is 9.17. The van der Waals surface area contributed by atoms with Crippen molar-refractivity contribution in [2.75, 3.05) is 18.5 Å². The molecule has 1 atom stereocenters. The number of alkyl carbamates (subject to hydrolysis) is 1. The number of esters is 1. The molecule has 8 heteroatoms. The van der Waals surface area contributed by atoms with Crippen LogP contribution in [0.15, 0.2) is 18.2 Å². The Hall–Kier alpha value is -2.90. The lowest BCUT2D eigenvalue weighted by molar-refractivity contribution is -0.142. The van der Waals surface area contributed by atoms with E-state index in [4.69, 9.17) is 9.47 Å². The molecule has 0 aliphatic carbocycles. The number of amides is 2. The predicted octanol–water partition coefficient (Wildman–Crippen LogP) is 2.77. The molecule has 0 fully saturated rings. The van der Waals surface area contributed by atoms with Gasteiger partial charge in [0.2, 0.25) is 5.91 Å². The molecule has 0 aromatic heterocycles. The second kappa shape index (κ2) is 8.86. The van der Waals surface area contributed by atoms with Gasteiger partial charge in [-0.3, -0.25) is 14.4 Å². The molecule has 1 aliphatic rings. The van der Waals surface area contributed by atoms with Crippen LogP contribution in [0.25, 0.3) is 0 Å². The summed E-state index contributed by atoms with van der Waals surface area (Å²) in [5.41, 5.74) is 1.27. The summed E-state index contributed by atoms with van der Waals surface area (Å²) in [7, 11) is 0. The molecule has 0 bridgehead atoms. The fourth-order valence-corrected chi connectivity index (χ4v) is 2.63. The van der Waals surface area contributed by atoms with Crippen LogP contribution < -0.4 is 10.6 Å². The number of ketones is 1. The normalized spacial score (nSPS) is 15.4. The van der Waals surface area contributed by atoms with E-state index >= 15 is 0 Å². The van der Waals surface area contributed by atoms with Gasteiger partial charge < -0.3 is 20.1 Å². The summed E-state index contributed by atoms with van der Waals surface area (Å²) in [6.07, 6.45) is -0.103. The van der Waals surface area contributed by atoms with E-state index in [0.717, 1.165) is 5.56 Å². The lowest BCUT2D eigenvalue weighted by Gasteiger charge is -2.19. The molecule has 0 saturated carbocycles. The zero-order valence-corrected chi connectivity index (χ0v) is 16.6. The van der Waals surface area contributed by atoms with E-state index in [1.54, 1.807) is 45.9 Å². The number of anilines is 1. The largest absolute Gasteiger partial charge is 0.457 e. The van der Waals surface area contributed by atoms with E-state index < -0.39 is 17.7 Å². The van der Waals surface area contributed by atoms with Crippen molar-refractivity contribution < 1.29 is 28.7 Å². The summed E-state index contributed by atoms with van der Waals surface area (Å²) in [5, 5.41) is 5.29. The van der Waals surface area contributed by atoms with Crippen LogP contribution in [0.5, 0.6) is 0 Å². The average molecular weight is 390 g/mol. The minimum atomic E-state index is -0.581. The molecule has 28 heavy (non-hydrogen) atoms. The number of rotatable bonds is 7. The van der Waals surface area contributed by atoms with E-state index in [2.05, 4.69) is 10.6 Å². The summed E-state index contributed by atoms with van der Waals surface area (Å²) >= 11 is 0. The highest BCUT2D eigenvalue weighted by atomic mass is 16.6. The third kappa shape index (κ3) is 6.07. The van der Waals surface area contributed by atoms with E-state index in [-0.39, 0.29) is 37.2 Å². The van der Waals surface area contributed by atoms with Crippen molar-refractivity contribution in [2.45, 2.75) is 52.1 Å². The van der Waals surface area contributed by atoms with Gasteiger partial charge in [0.25, 0.3) is 0 Å². The van der Waals surface area contributed by atoms with Crippen molar-refractivity contribution in [1.29, 1.82) is 0 Å². The molecule has 0 saturated heterocycles. The van der Waals surface area contributed by atoms with E-state index in [1.165, 1.54) is 0 Å². The van der Waals surface area contributed by atoms with Gasteiger partial charge in [-0.15, -0.1) is 0 Å². The smallest absolute Gasteiger partial charge is 0.407 e. The standard InChI is InChI=1S/C20H26N2O6/c1-12-14-10-13(7-8-15(14)22-18(12)25)16(23)11-27-17(24)6-5-9-21-19(26)28-20(2,3)4/h7-8,10,12H,5-6,9,11H2,1-4H3,(H,21,26)(H,22,25)/t12-/m0/s1. The van der Waals surface area contributed by atoms with Gasteiger partial charge in [0.05, 0.1) is 5.92 Å². The van der Waals surface area contributed by atoms with Crippen LogP contribution in [0.4, 0.5) is 10.5 Å². The summed E-state index contributed by atoms with van der Waals surface area (Å²) in [6, 6.07) is 4.92. The average Bonchev–Trinajstić information content (AvgIpc) is 2.89. The van der Waals surface area contributed by atoms with Gasteiger partial charge in [0, 0.05) is 24.2 Å². The summed E-state index contributed by atoms with van der Waals surface area (Å²) < 4.78 is 10.1. The van der Waals surface area contributed by atoms with E-state index in [1.807, 2.05) is 0 Å². The summed E-state index contributed by atoms with van der Waals surface area (Å²) in [5.74, 6) is -1.28. The van der Waals surface area contributed by atoms with Gasteiger partial charge in [-0.05, 0) is 57.9 Å². The second-order valence-corrected chi connectivity index (χ2v) is 7.63. The number of carbonyl (C=O) groups excluding carboxylic acids is 4. The van der Waals surface area contributed by atoms with Gasteiger partial charge in [0.1, 0.15) is 5.60 Å². The topological polar surface area (TPSA) is 111 Å². The maximum Gasteiger partial charge on any atom is 0.407 e. The molecule has 0 unspecified atom stereocenters. The van der Waals surface area contributed by atoms with E-state index in [0.29, 0.717) is 17.7 Å².